The molecule has 47 heavy (non-hydrogen) atoms. The van der Waals surface area contributed by atoms with Crippen LogP contribution in [-0.2, 0) is 25.3 Å². The topological polar surface area (TPSA) is 119 Å². The number of carbonyl (C=O) groups is 2. The second-order valence-electron chi connectivity index (χ2n) is 12.1. The lowest BCUT2D eigenvalue weighted by Gasteiger charge is -2.38. The molecule has 0 unspecified atom stereocenters. The van der Waals surface area contributed by atoms with Crippen LogP contribution in [0.15, 0.2) is 58.3 Å². The van der Waals surface area contributed by atoms with Gasteiger partial charge in [0.25, 0.3) is 11.5 Å². The number of ether oxygens (including phenoxy) is 1. The third kappa shape index (κ3) is 5.85. The predicted octanol–water partition coefficient (Wildman–Crippen LogP) is 4.19. The molecule has 1 N–H and O–H groups in total. The van der Waals surface area contributed by atoms with Crippen LogP contribution in [-0.4, -0.2) is 69.0 Å². The number of hydrogen-bond acceptors (Lipinski definition) is 7. The maximum absolute atomic E-state index is 13.1. The molecular weight excluding hydrogens is 620 g/mol. The molecule has 0 bridgehead atoms. The summed E-state index contributed by atoms with van der Waals surface area (Å²) in [6, 6.07) is 13.6. The third-order valence-electron chi connectivity index (χ3n) is 9.36. The second-order valence-corrected chi connectivity index (χ2v) is 12.5. The number of anilines is 1. The Morgan fingerprint density at radius 2 is 1.68 bits per heavy atom. The fourth-order valence-electron chi connectivity index (χ4n) is 6.78. The lowest BCUT2D eigenvalue weighted by Crippen LogP contribution is -2.48. The van der Waals surface area contributed by atoms with Crippen molar-refractivity contribution in [2.75, 3.05) is 38.6 Å². The van der Waals surface area contributed by atoms with Crippen molar-refractivity contribution in [3.8, 4) is 28.3 Å². The molecule has 4 aromatic rings. The number of methoxy groups -OCH3 is 1. The second kappa shape index (κ2) is 12.8. The van der Waals surface area contributed by atoms with Gasteiger partial charge in [-0.2, -0.15) is 0 Å². The first-order chi connectivity index (χ1) is 22.5. The molecule has 1 fully saturated rings. The molecule has 6 rings (SSSR count). The molecule has 0 saturated carbocycles. The Kier molecular flexibility index (Phi) is 8.78. The molecule has 0 spiro atoms. The van der Waals surface area contributed by atoms with Gasteiger partial charge in [0, 0.05) is 76.1 Å². The van der Waals surface area contributed by atoms with Gasteiger partial charge in [0.15, 0.2) is 0 Å². The zero-order valence-electron chi connectivity index (χ0n) is 27.1. The van der Waals surface area contributed by atoms with E-state index in [9.17, 15) is 19.2 Å². The average Bonchev–Trinajstić information content (AvgIpc) is 3.50. The summed E-state index contributed by atoms with van der Waals surface area (Å²) in [5.41, 5.74) is 5.53. The molecule has 2 aromatic heterocycles. The molecule has 1 aliphatic heterocycles. The molecular formula is C35H37ClN6O5. The monoisotopic (exact) mass is 656 g/mol. The number of piperazine rings is 1. The first-order valence-electron chi connectivity index (χ1n) is 15.5. The van der Waals surface area contributed by atoms with Crippen LogP contribution in [0.2, 0.25) is 5.02 Å². The number of aryl methyl sites for hydroxylation is 2. The highest BCUT2D eigenvalue weighted by molar-refractivity contribution is 6.36. The SMILES string of the molecule is COc1nc(-c2cccc(-c3cccc(NC(=O)c4cn(C)c(=O)n(C)c4=O)c3Cl)c2C)cc2c1[C@@H](N1CCN(C(C)=O)CC1)CC2. The van der Waals surface area contributed by atoms with Crippen LogP contribution in [0, 0.1) is 6.92 Å². The van der Waals surface area contributed by atoms with Gasteiger partial charge in [0.1, 0.15) is 5.56 Å². The van der Waals surface area contributed by atoms with E-state index in [2.05, 4.69) is 16.3 Å². The van der Waals surface area contributed by atoms with E-state index in [1.54, 1.807) is 26.2 Å². The number of benzene rings is 2. The van der Waals surface area contributed by atoms with E-state index < -0.39 is 17.2 Å². The molecule has 244 valence electrons. The zero-order valence-corrected chi connectivity index (χ0v) is 27.8. The third-order valence-corrected chi connectivity index (χ3v) is 9.77. The van der Waals surface area contributed by atoms with Gasteiger partial charge in [-0.25, -0.2) is 9.78 Å². The number of amides is 2. The number of nitrogens with zero attached hydrogens (tertiary/aromatic N) is 5. The van der Waals surface area contributed by atoms with Gasteiger partial charge in [-0.1, -0.05) is 41.9 Å². The van der Waals surface area contributed by atoms with E-state index >= 15 is 0 Å². The maximum atomic E-state index is 13.1. The molecule has 1 aliphatic carbocycles. The maximum Gasteiger partial charge on any atom is 0.330 e. The Bertz CT molecular complexity index is 2030. The molecule has 12 heteroatoms. The largest absolute Gasteiger partial charge is 0.481 e. The van der Waals surface area contributed by atoms with E-state index in [1.165, 1.54) is 30.4 Å². The van der Waals surface area contributed by atoms with Crippen molar-refractivity contribution in [1.82, 2.24) is 23.9 Å². The molecule has 11 nitrogen and oxygen atoms in total. The highest BCUT2D eigenvalue weighted by atomic mass is 35.5. The standard InChI is InChI=1S/C35H37ClN6O5/c1-20-23(25-10-7-11-27(31(25)36)37-32(44)26-19-39(3)35(46)40(4)34(26)45)8-6-9-24(20)28-18-22-12-13-29(30(22)33(38-28)47-5)42-16-14-41(15-17-42)21(2)43/h6-11,18-19,29H,12-17H2,1-5H3,(H,37,44)/t29-/m0/s1. The Balaban J connectivity index is 1.31. The summed E-state index contributed by atoms with van der Waals surface area (Å²) < 4.78 is 7.96. The summed E-state index contributed by atoms with van der Waals surface area (Å²) in [5, 5.41) is 3.06. The van der Waals surface area contributed by atoms with Gasteiger partial charge in [-0.3, -0.25) is 23.9 Å². The van der Waals surface area contributed by atoms with Gasteiger partial charge >= 0.3 is 5.69 Å². The molecule has 1 atom stereocenters. The molecule has 0 radical (unpaired) electrons. The number of rotatable bonds is 6. The number of nitrogens with one attached hydrogen (secondary N) is 1. The minimum atomic E-state index is -0.694. The minimum absolute atomic E-state index is 0.115. The Morgan fingerprint density at radius 3 is 2.38 bits per heavy atom. The van der Waals surface area contributed by atoms with Crippen molar-refractivity contribution < 1.29 is 14.3 Å². The van der Waals surface area contributed by atoms with E-state index in [4.69, 9.17) is 21.3 Å². The van der Waals surface area contributed by atoms with Crippen LogP contribution < -0.4 is 21.3 Å². The fraction of sp³-hybridized carbons (Fsp3) is 0.343. The van der Waals surface area contributed by atoms with Gasteiger partial charge < -0.3 is 19.5 Å². The average molecular weight is 657 g/mol. The molecule has 2 aliphatic rings. The van der Waals surface area contributed by atoms with Gasteiger partial charge in [-0.15, -0.1) is 0 Å². The number of pyridine rings is 1. The van der Waals surface area contributed by atoms with E-state index in [-0.39, 0.29) is 17.5 Å². The summed E-state index contributed by atoms with van der Waals surface area (Å²) >= 11 is 6.90. The van der Waals surface area contributed by atoms with Crippen molar-refractivity contribution >= 4 is 29.1 Å². The van der Waals surface area contributed by atoms with Crippen LogP contribution in [0.25, 0.3) is 22.4 Å². The van der Waals surface area contributed by atoms with Crippen LogP contribution in [0.4, 0.5) is 5.69 Å². The van der Waals surface area contributed by atoms with Gasteiger partial charge in [0.05, 0.1) is 23.5 Å². The zero-order chi connectivity index (χ0) is 33.6. The molecule has 2 amide bonds. The number of halogens is 1. The van der Waals surface area contributed by atoms with Gasteiger partial charge in [0.2, 0.25) is 11.8 Å². The lowest BCUT2D eigenvalue weighted by molar-refractivity contribution is -0.130. The molecule has 1 saturated heterocycles. The quantitative estimate of drug-likeness (QED) is 0.331. The van der Waals surface area contributed by atoms with Gasteiger partial charge in [-0.05, 0) is 48.6 Å². The van der Waals surface area contributed by atoms with Crippen LogP contribution in [0.1, 0.15) is 46.4 Å². The van der Waals surface area contributed by atoms with Crippen molar-refractivity contribution in [3.63, 3.8) is 0 Å². The summed E-state index contributed by atoms with van der Waals surface area (Å²) in [6.45, 7) is 6.71. The number of fused-ring (bicyclic) bond motifs is 1. The minimum Gasteiger partial charge on any atom is -0.481 e. The van der Waals surface area contributed by atoms with E-state index in [0.29, 0.717) is 22.2 Å². The Labute approximate surface area is 277 Å². The summed E-state index contributed by atoms with van der Waals surface area (Å²) in [5.74, 6) is 0.0643. The van der Waals surface area contributed by atoms with Crippen LogP contribution in [0.3, 0.4) is 0 Å². The predicted molar refractivity (Wildman–Crippen MR) is 181 cm³/mol. The fourth-order valence-corrected chi connectivity index (χ4v) is 7.06. The summed E-state index contributed by atoms with van der Waals surface area (Å²) in [4.78, 5) is 59.0. The Hall–Kier alpha value is -4.74. The van der Waals surface area contributed by atoms with Crippen molar-refractivity contribution in [2.24, 2.45) is 14.1 Å². The highest BCUT2D eigenvalue weighted by Crippen LogP contribution is 2.44. The normalized spacial score (nSPS) is 16.2. The van der Waals surface area contributed by atoms with Crippen LogP contribution in [0.5, 0.6) is 5.88 Å². The lowest BCUT2D eigenvalue weighted by atomic mass is 9.93. The Morgan fingerprint density at radius 1 is 1.00 bits per heavy atom. The van der Waals surface area contributed by atoms with E-state index in [1.807, 2.05) is 36.1 Å². The first-order valence-corrected chi connectivity index (χ1v) is 15.9. The van der Waals surface area contributed by atoms with Crippen LogP contribution >= 0.6 is 11.6 Å². The number of hydrogen-bond donors (Lipinski definition) is 1. The highest BCUT2D eigenvalue weighted by Gasteiger charge is 2.34. The number of carbonyl (C=O) groups excluding carboxylic acids is 2. The smallest absolute Gasteiger partial charge is 0.330 e. The van der Waals surface area contributed by atoms with Crippen molar-refractivity contribution in [3.05, 3.63) is 96.8 Å². The van der Waals surface area contributed by atoms with Crippen molar-refractivity contribution in [2.45, 2.75) is 32.7 Å². The summed E-state index contributed by atoms with van der Waals surface area (Å²) in [7, 11) is 4.46. The molecule has 2 aromatic carbocycles. The first kappa shape index (κ1) is 32.2. The van der Waals surface area contributed by atoms with Crippen molar-refractivity contribution in [1.29, 1.82) is 0 Å². The van der Waals surface area contributed by atoms with E-state index in [0.717, 1.165) is 71.5 Å². The summed E-state index contributed by atoms with van der Waals surface area (Å²) in [6.07, 6.45) is 3.10. The number of aromatic nitrogens is 3. The molecule has 3 heterocycles.